The highest BCUT2D eigenvalue weighted by molar-refractivity contribution is 7.80. The van der Waals surface area contributed by atoms with E-state index in [1.807, 2.05) is 128 Å². The summed E-state index contributed by atoms with van der Waals surface area (Å²) in [4.78, 5) is 16.3. The number of carbonyl (C=O) groups excluding carboxylic acids is 1. The zero-order chi connectivity index (χ0) is 23.7. The van der Waals surface area contributed by atoms with Gasteiger partial charge in [0, 0.05) is 28.3 Å². The first-order chi connectivity index (χ1) is 16.5. The maximum absolute atomic E-state index is 15.5. The molecule has 1 aliphatic heterocycles. The van der Waals surface area contributed by atoms with Gasteiger partial charge in [0.05, 0.1) is 0 Å². The van der Waals surface area contributed by atoms with E-state index in [-0.39, 0.29) is 17.9 Å². The van der Waals surface area contributed by atoms with Crippen LogP contribution in [-0.2, 0) is 9.36 Å². The number of benzene rings is 4. The van der Waals surface area contributed by atoms with Gasteiger partial charge in [-0.15, -0.1) is 0 Å². The number of carbonyl (C=O) groups is 1. The molecule has 2 atom stereocenters. The molecule has 4 aromatic rings. The molecule has 0 saturated carbocycles. The van der Waals surface area contributed by atoms with Crippen molar-refractivity contribution in [1.29, 1.82) is 0 Å². The van der Waals surface area contributed by atoms with Gasteiger partial charge in [-0.3, -0.25) is 4.79 Å². The maximum atomic E-state index is 15.5. The molecule has 0 unspecified atom stereocenters. The van der Waals surface area contributed by atoms with Crippen LogP contribution in [0.25, 0.3) is 0 Å². The van der Waals surface area contributed by atoms with E-state index >= 15 is 4.57 Å². The third-order valence-corrected chi connectivity index (χ3v) is 10.1. The van der Waals surface area contributed by atoms with Gasteiger partial charge in [0.1, 0.15) is 5.66 Å². The summed E-state index contributed by atoms with van der Waals surface area (Å²) in [5.41, 5.74) is 2.19. The second-order valence-electron chi connectivity index (χ2n) is 9.02. The Morgan fingerprint density at radius 3 is 1.68 bits per heavy atom. The highest BCUT2D eigenvalue weighted by atomic mass is 31.2. The van der Waals surface area contributed by atoms with Crippen molar-refractivity contribution >= 4 is 29.3 Å². The average molecular weight is 466 g/mol. The summed E-state index contributed by atoms with van der Waals surface area (Å²) in [7, 11) is -3.40. The molecule has 0 bridgehead atoms. The summed E-state index contributed by atoms with van der Waals surface area (Å²) in [6, 6.07) is 37.2. The molecule has 0 aliphatic carbocycles. The van der Waals surface area contributed by atoms with Gasteiger partial charge in [-0.05, 0) is 31.0 Å². The van der Waals surface area contributed by atoms with Crippen LogP contribution in [0.4, 0.5) is 5.69 Å². The van der Waals surface area contributed by atoms with Crippen molar-refractivity contribution in [2.75, 3.05) is 4.90 Å². The van der Waals surface area contributed by atoms with E-state index in [9.17, 15) is 4.79 Å². The van der Waals surface area contributed by atoms with Crippen molar-refractivity contribution in [2.24, 2.45) is 0 Å². The Bertz CT molecular complexity index is 1290. The summed E-state index contributed by atoms with van der Waals surface area (Å²) < 4.78 is 15.5. The Kier molecular flexibility index (Phi) is 5.98. The number of hydrogen-bond acceptors (Lipinski definition) is 2. The largest absolute Gasteiger partial charge is 0.313 e. The number of rotatable bonds is 5. The molecular formula is C30H28NO2P. The lowest BCUT2D eigenvalue weighted by Gasteiger charge is -2.44. The van der Waals surface area contributed by atoms with Crippen LogP contribution in [0, 0.1) is 0 Å². The summed E-state index contributed by atoms with van der Waals surface area (Å²) in [6.07, 6.45) is 0. The highest BCUT2D eigenvalue weighted by Gasteiger charge is 2.52. The van der Waals surface area contributed by atoms with Crippen LogP contribution in [-0.4, -0.2) is 17.6 Å². The number of para-hydroxylation sites is 1. The predicted octanol–water partition coefficient (Wildman–Crippen LogP) is 5.96. The quantitative estimate of drug-likeness (QED) is 0.341. The van der Waals surface area contributed by atoms with Gasteiger partial charge in [-0.25, -0.2) is 0 Å². The normalized spacial score (nSPS) is 18.1. The summed E-state index contributed by atoms with van der Waals surface area (Å²) >= 11 is 0. The zero-order valence-corrected chi connectivity index (χ0v) is 20.3. The Hall–Kier alpha value is -3.42. The molecule has 3 nitrogen and oxygen atoms in total. The lowest BCUT2D eigenvalue weighted by atomic mass is 9.83. The average Bonchev–Trinajstić information content (AvgIpc) is 2.89. The number of fused-ring (bicyclic) bond motifs is 1. The van der Waals surface area contributed by atoms with Crippen molar-refractivity contribution < 1.29 is 9.36 Å². The fourth-order valence-corrected chi connectivity index (χ4v) is 8.59. The molecule has 0 spiro atoms. The van der Waals surface area contributed by atoms with Crippen LogP contribution in [0.15, 0.2) is 115 Å². The van der Waals surface area contributed by atoms with Gasteiger partial charge in [0.2, 0.25) is 5.91 Å². The molecule has 34 heavy (non-hydrogen) atoms. The summed E-state index contributed by atoms with van der Waals surface area (Å²) in [6.45, 7) is 4.04. The number of hydrogen-bond donors (Lipinski definition) is 0. The standard InChI is InChI=1S/C30H28NO2P/c1-22(2)31-27-21-13-12-20-26(27)28(23-14-6-3-7-15-23)29(30(31)32)34(33,24-16-8-4-9-17-24)25-18-10-5-11-19-25/h3-22,28-29H,1-2H3/t28-,29+/m1/s1. The molecule has 4 heteroatoms. The fourth-order valence-electron chi connectivity index (χ4n) is 5.23. The summed E-state index contributed by atoms with van der Waals surface area (Å²) in [5, 5.41) is 1.42. The number of amides is 1. The van der Waals surface area contributed by atoms with Gasteiger partial charge < -0.3 is 9.46 Å². The van der Waals surface area contributed by atoms with Crippen molar-refractivity contribution in [1.82, 2.24) is 0 Å². The fraction of sp³-hybridized carbons (Fsp3) is 0.167. The van der Waals surface area contributed by atoms with Gasteiger partial charge in [0.25, 0.3) is 0 Å². The molecular weight excluding hydrogens is 437 g/mol. The first kappa shape index (κ1) is 22.4. The minimum Gasteiger partial charge on any atom is -0.313 e. The third-order valence-electron chi connectivity index (χ3n) is 6.68. The maximum Gasteiger partial charge on any atom is 0.239 e. The Morgan fingerprint density at radius 2 is 1.15 bits per heavy atom. The van der Waals surface area contributed by atoms with E-state index in [4.69, 9.17) is 0 Å². The second kappa shape index (κ2) is 9.08. The van der Waals surface area contributed by atoms with Crippen LogP contribution in [0.5, 0.6) is 0 Å². The minimum atomic E-state index is -3.40. The van der Waals surface area contributed by atoms with Gasteiger partial charge in [-0.2, -0.15) is 0 Å². The molecule has 4 aromatic carbocycles. The van der Waals surface area contributed by atoms with Gasteiger partial charge in [-0.1, -0.05) is 109 Å². The van der Waals surface area contributed by atoms with Crippen molar-refractivity contribution in [3.05, 3.63) is 126 Å². The SMILES string of the molecule is CC(C)N1C(=O)[C@@H](P(=O)(c2ccccc2)c2ccccc2)[C@H](c2ccccc2)c2ccccc21. The lowest BCUT2D eigenvalue weighted by Crippen LogP contribution is -2.52. The molecule has 0 fully saturated rings. The smallest absolute Gasteiger partial charge is 0.239 e. The molecule has 1 heterocycles. The van der Waals surface area contributed by atoms with E-state index in [1.165, 1.54) is 0 Å². The van der Waals surface area contributed by atoms with Crippen molar-refractivity contribution in [2.45, 2.75) is 31.5 Å². The van der Waals surface area contributed by atoms with Crippen LogP contribution in [0.2, 0.25) is 0 Å². The number of anilines is 1. The third kappa shape index (κ3) is 3.61. The van der Waals surface area contributed by atoms with E-state index in [1.54, 1.807) is 0 Å². The molecule has 0 saturated heterocycles. The summed E-state index contributed by atoms with van der Waals surface area (Å²) in [5.74, 6) is -0.412. The Labute approximate surface area is 201 Å². The van der Waals surface area contributed by atoms with Crippen molar-refractivity contribution in [3.8, 4) is 0 Å². The van der Waals surface area contributed by atoms with Gasteiger partial charge in [0.15, 0.2) is 7.14 Å². The minimum absolute atomic E-state index is 0.0622. The van der Waals surface area contributed by atoms with E-state index in [0.717, 1.165) is 16.8 Å². The van der Waals surface area contributed by atoms with Crippen LogP contribution in [0.3, 0.4) is 0 Å². The van der Waals surface area contributed by atoms with Gasteiger partial charge >= 0.3 is 0 Å². The topological polar surface area (TPSA) is 37.4 Å². The lowest BCUT2D eigenvalue weighted by molar-refractivity contribution is -0.119. The molecule has 1 aliphatic rings. The monoisotopic (exact) mass is 465 g/mol. The molecule has 5 rings (SSSR count). The Morgan fingerprint density at radius 1 is 0.676 bits per heavy atom. The van der Waals surface area contributed by atoms with Crippen LogP contribution < -0.4 is 15.5 Å². The second-order valence-corrected chi connectivity index (χ2v) is 11.9. The first-order valence-corrected chi connectivity index (χ1v) is 13.5. The first-order valence-electron chi connectivity index (χ1n) is 11.7. The van der Waals surface area contributed by atoms with E-state index in [0.29, 0.717) is 10.6 Å². The molecule has 0 N–H and O–H groups in total. The van der Waals surface area contributed by atoms with E-state index < -0.39 is 12.8 Å². The van der Waals surface area contributed by atoms with Crippen LogP contribution >= 0.6 is 7.14 Å². The van der Waals surface area contributed by atoms with Crippen molar-refractivity contribution in [3.63, 3.8) is 0 Å². The molecule has 0 radical (unpaired) electrons. The molecule has 1 amide bonds. The highest BCUT2D eigenvalue weighted by Crippen LogP contribution is 2.59. The van der Waals surface area contributed by atoms with Crippen LogP contribution in [0.1, 0.15) is 30.9 Å². The molecule has 0 aromatic heterocycles. The Balaban J connectivity index is 1.86. The zero-order valence-electron chi connectivity index (χ0n) is 19.4. The number of nitrogens with zero attached hydrogens (tertiary/aromatic N) is 1. The predicted molar refractivity (Wildman–Crippen MR) is 141 cm³/mol. The molecule has 170 valence electrons. The van der Waals surface area contributed by atoms with E-state index in [2.05, 4.69) is 6.07 Å².